The highest BCUT2D eigenvalue weighted by molar-refractivity contribution is 5.93. The average molecular weight is 408 g/mol. The maximum absolute atomic E-state index is 13.1. The Morgan fingerprint density at radius 1 is 1.24 bits per heavy atom. The molecule has 8 heteroatoms. The minimum Gasteiger partial charge on any atom is -0.393 e. The number of epoxide rings is 1. The van der Waals surface area contributed by atoms with Crippen molar-refractivity contribution >= 4 is 5.78 Å². The van der Waals surface area contributed by atoms with Crippen LogP contribution >= 0.6 is 0 Å². The van der Waals surface area contributed by atoms with Crippen molar-refractivity contribution in [3.63, 3.8) is 0 Å². The average Bonchev–Trinajstić information content (AvgIpc) is 3.30. The molecule has 6 rings (SSSR count). The summed E-state index contributed by atoms with van der Waals surface area (Å²) in [5, 5.41) is 33.2. The summed E-state index contributed by atoms with van der Waals surface area (Å²) in [7, 11) is 0. The van der Waals surface area contributed by atoms with Gasteiger partial charge in [0.1, 0.15) is 29.5 Å². The Morgan fingerprint density at radius 2 is 1.97 bits per heavy atom. The molecule has 160 valence electrons. The number of aliphatic hydroxyl groups is 3. The van der Waals surface area contributed by atoms with Crippen LogP contribution in [0.3, 0.4) is 0 Å². The van der Waals surface area contributed by atoms with Crippen molar-refractivity contribution in [1.82, 2.24) is 0 Å². The van der Waals surface area contributed by atoms with Gasteiger partial charge in [0.2, 0.25) is 0 Å². The van der Waals surface area contributed by atoms with Crippen molar-refractivity contribution in [1.29, 1.82) is 0 Å². The van der Waals surface area contributed by atoms with Crippen LogP contribution < -0.4 is 0 Å². The summed E-state index contributed by atoms with van der Waals surface area (Å²) in [6.45, 7) is 9.01. The maximum atomic E-state index is 13.1. The van der Waals surface area contributed by atoms with Crippen LogP contribution in [0.5, 0.6) is 0 Å². The molecule has 0 aromatic carbocycles. The van der Waals surface area contributed by atoms with E-state index >= 15 is 0 Å². The summed E-state index contributed by atoms with van der Waals surface area (Å²) in [4.78, 5) is 13.1. The molecule has 3 N–H and O–H groups in total. The summed E-state index contributed by atoms with van der Waals surface area (Å²) in [5.41, 5.74) is -4.39. The molecular weight excluding hydrogens is 380 g/mol. The topological polar surface area (TPSA) is 118 Å². The second-order valence-electron chi connectivity index (χ2n) is 10.2. The van der Waals surface area contributed by atoms with Crippen LogP contribution in [-0.2, 0) is 23.7 Å². The predicted molar refractivity (Wildman–Crippen MR) is 96.4 cm³/mol. The quantitative estimate of drug-likeness (QED) is 0.433. The number of aliphatic hydroxyl groups excluding tert-OH is 2. The van der Waals surface area contributed by atoms with E-state index in [0.29, 0.717) is 19.3 Å². The molecule has 11 atom stereocenters. The minimum atomic E-state index is -2.05. The first kappa shape index (κ1) is 18.9. The molecule has 6 fully saturated rings. The Hall–Kier alpha value is -0.870. The van der Waals surface area contributed by atoms with E-state index in [4.69, 9.17) is 18.9 Å². The lowest BCUT2D eigenvalue weighted by atomic mass is 9.58. The fraction of sp³-hybridized carbons (Fsp3) is 0.857. The smallest absolute Gasteiger partial charge is 0.281 e. The Kier molecular flexibility index (Phi) is 3.22. The molecule has 3 saturated heterocycles. The summed E-state index contributed by atoms with van der Waals surface area (Å²) < 4.78 is 25.1. The molecule has 3 bridgehead atoms. The molecule has 0 spiro atoms. The maximum Gasteiger partial charge on any atom is 0.281 e. The zero-order valence-corrected chi connectivity index (χ0v) is 16.9. The summed E-state index contributed by atoms with van der Waals surface area (Å²) >= 11 is 0. The van der Waals surface area contributed by atoms with E-state index < -0.39 is 76.8 Å². The third-order valence-corrected chi connectivity index (χ3v) is 8.82. The first-order valence-corrected chi connectivity index (χ1v) is 10.5. The fourth-order valence-electron chi connectivity index (χ4n) is 7.53. The highest BCUT2D eigenvalue weighted by Gasteiger charge is 2.87. The van der Waals surface area contributed by atoms with Crippen LogP contribution in [0.15, 0.2) is 12.2 Å². The van der Waals surface area contributed by atoms with Crippen molar-refractivity contribution in [3.05, 3.63) is 12.2 Å². The number of hydrogen-bond donors (Lipinski definition) is 3. The number of hydrogen-bond acceptors (Lipinski definition) is 8. The van der Waals surface area contributed by atoms with Crippen molar-refractivity contribution in [2.24, 2.45) is 17.8 Å². The predicted octanol–water partition coefficient (Wildman–Crippen LogP) is 0.0300. The van der Waals surface area contributed by atoms with E-state index in [1.165, 1.54) is 0 Å². The zero-order chi connectivity index (χ0) is 20.8. The van der Waals surface area contributed by atoms with Crippen LogP contribution in [0.4, 0.5) is 0 Å². The number of Topliss-reactive ketones (excluding diaryl/α,β-unsaturated/α-hetero) is 1. The van der Waals surface area contributed by atoms with Crippen LogP contribution in [-0.4, -0.2) is 74.4 Å². The van der Waals surface area contributed by atoms with Gasteiger partial charge in [-0.3, -0.25) is 4.79 Å². The second-order valence-corrected chi connectivity index (χ2v) is 10.2. The number of carbonyl (C=O) groups is 1. The fourth-order valence-corrected chi connectivity index (χ4v) is 7.53. The van der Waals surface area contributed by atoms with E-state index in [2.05, 4.69) is 6.58 Å². The van der Waals surface area contributed by atoms with Gasteiger partial charge in [0, 0.05) is 24.7 Å². The van der Waals surface area contributed by atoms with Gasteiger partial charge in [0.25, 0.3) is 5.97 Å². The van der Waals surface area contributed by atoms with E-state index in [0.717, 1.165) is 5.57 Å². The summed E-state index contributed by atoms with van der Waals surface area (Å²) in [5.74, 6) is -3.25. The standard InChI is InChI=1S/C21H28O8/c1-9(2)18-5-6-19-11-7-10(3)13(23)21(11,25)16(24)20(8-22)15(27-20)12(19)14(18)26-17(4,28-18)29-19/h10-12,14-16,22,24-25H,1,5-8H2,2-4H3/t10-,11-,12+,14+,15-,16+,17?,18+,19-,20-,21+/m0/s1. The highest BCUT2D eigenvalue weighted by Crippen LogP contribution is 2.71. The van der Waals surface area contributed by atoms with Gasteiger partial charge in [-0.2, -0.15) is 0 Å². The molecule has 8 nitrogen and oxygen atoms in total. The van der Waals surface area contributed by atoms with Crippen LogP contribution in [0.1, 0.15) is 40.0 Å². The van der Waals surface area contributed by atoms with Gasteiger partial charge in [-0.1, -0.05) is 13.5 Å². The molecule has 0 aromatic heterocycles. The Labute approximate surface area is 168 Å². The van der Waals surface area contributed by atoms with Crippen molar-refractivity contribution in [2.45, 2.75) is 86.7 Å². The Balaban J connectivity index is 1.60. The minimum absolute atomic E-state index is 0.389. The number of carbonyl (C=O) groups excluding carboxylic acids is 1. The van der Waals surface area contributed by atoms with Crippen molar-refractivity contribution in [3.8, 4) is 0 Å². The molecule has 0 radical (unpaired) electrons. The lowest BCUT2D eigenvalue weighted by Crippen LogP contribution is -2.69. The van der Waals surface area contributed by atoms with Gasteiger partial charge in [-0.05, 0) is 31.8 Å². The molecule has 3 aliphatic heterocycles. The van der Waals surface area contributed by atoms with E-state index in [9.17, 15) is 20.1 Å². The summed E-state index contributed by atoms with van der Waals surface area (Å²) in [6, 6.07) is 0. The number of ether oxygens (including phenoxy) is 4. The van der Waals surface area contributed by atoms with E-state index in [-0.39, 0.29) is 0 Å². The van der Waals surface area contributed by atoms with Crippen molar-refractivity contribution < 1.29 is 39.1 Å². The SMILES string of the molecule is C=C(C)[C@]12CC[C@@]34OC(C)(O[C@@H]1[C@@H]3[C@@H]1O[C@]1(CO)[C@@H](O)[C@]1(O)C(=O)[C@@H](C)C[C@@H]41)O2. The Morgan fingerprint density at radius 3 is 2.62 bits per heavy atom. The number of rotatable bonds is 2. The lowest BCUT2D eigenvalue weighted by Gasteiger charge is -2.56. The molecular formula is C21H28O8. The molecule has 0 amide bonds. The monoisotopic (exact) mass is 408 g/mol. The molecule has 0 aromatic rings. The summed E-state index contributed by atoms with van der Waals surface area (Å²) in [6.07, 6.45) is -1.14. The molecule has 3 aliphatic carbocycles. The first-order valence-electron chi connectivity index (χ1n) is 10.5. The second kappa shape index (κ2) is 4.96. The molecule has 3 heterocycles. The molecule has 29 heavy (non-hydrogen) atoms. The number of ketones is 1. The first-order chi connectivity index (χ1) is 13.5. The van der Waals surface area contributed by atoms with Crippen LogP contribution in [0.25, 0.3) is 0 Å². The van der Waals surface area contributed by atoms with E-state index in [1.807, 2.05) is 6.92 Å². The zero-order valence-electron chi connectivity index (χ0n) is 16.9. The lowest BCUT2D eigenvalue weighted by molar-refractivity contribution is -0.416. The largest absolute Gasteiger partial charge is 0.393 e. The normalized spacial score (nSPS) is 64.3. The van der Waals surface area contributed by atoms with Crippen LogP contribution in [0.2, 0.25) is 0 Å². The Bertz CT molecular complexity index is 845. The van der Waals surface area contributed by atoms with Gasteiger partial charge < -0.3 is 34.3 Å². The molecule has 1 unspecified atom stereocenters. The highest BCUT2D eigenvalue weighted by atomic mass is 16.9. The number of fused-ring (bicyclic) bond motifs is 3. The van der Waals surface area contributed by atoms with Gasteiger partial charge >= 0.3 is 0 Å². The van der Waals surface area contributed by atoms with Crippen molar-refractivity contribution in [2.75, 3.05) is 6.61 Å². The van der Waals surface area contributed by atoms with Gasteiger partial charge in [0.15, 0.2) is 11.4 Å². The third kappa shape index (κ3) is 1.74. The van der Waals surface area contributed by atoms with Crippen LogP contribution in [0, 0.1) is 17.8 Å². The van der Waals surface area contributed by atoms with Gasteiger partial charge in [0.05, 0.1) is 12.2 Å². The molecule has 3 saturated carbocycles. The van der Waals surface area contributed by atoms with E-state index in [1.54, 1.807) is 13.8 Å². The van der Waals surface area contributed by atoms with Gasteiger partial charge in [-0.15, -0.1) is 0 Å². The third-order valence-electron chi connectivity index (χ3n) is 8.82. The molecule has 6 aliphatic rings. The van der Waals surface area contributed by atoms with Gasteiger partial charge in [-0.25, -0.2) is 0 Å².